The minimum absolute atomic E-state index is 0.0230. The molecular formula is C18H27NO3. The molecule has 2 N–H and O–H groups in total. The van der Waals surface area contributed by atoms with Crippen molar-refractivity contribution < 1.29 is 14.7 Å². The Balaban J connectivity index is 2.39. The summed E-state index contributed by atoms with van der Waals surface area (Å²) in [6.07, 6.45) is 1.62. The molecule has 0 bridgehead atoms. The second-order valence-corrected chi connectivity index (χ2v) is 7.04. The number of amides is 1. The van der Waals surface area contributed by atoms with Crippen LogP contribution in [0.4, 0.5) is 0 Å². The Hall–Kier alpha value is -1.84. The molecule has 4 nitrogen and oxygen atoms in total. The van der Waals surface area contributed by atoms with Gasteiger partial charge in [-0.25, -0.2) is 0 Å². The smallest absolute Gasteiger partial charge is 0.309 e. The largest absolute Gasteiger partial charge is 0.481 e. The third kappa shape index (κ3) is 5.51. The van der Waals surface area contributed by atoms with Gasteiger partial charge in [0.1, 0.15) is 0 Å². The van der Waals surface area contributed by atoms with Crippen LogP contribution < -0.4 is 5.32 Å². The molecule has 0 aliphatic carbocycles. The average Bonchev–Trinajstić information content (AvgIpc) is 2.46. The molecule has 0 aromatic heterocycles. The summed E-state index contributed by atoms with van der Waals surface area (Å²) in [5.74, 6) is -0.864. The molecule has 0 unspecified atom stereocenters. The Bertz CT molecular complexity index is 506. The molecule has 0 saturated carbocycles. The van der Waals surface area contributed by atoms with Gasteiger partial charge in [-0.15, -0.1) is 0 Å². The fourth-order valence-corrected chi connectivity index (χ4v) is 2.17. The molecule has 1 aromatic rings. The van der Waals surface area contributed by atoms with Gasteiger partial charge < -0.3 is 10.4 Å². The predicted molar refractivity (Wildman–Crippen MR) is 87.7 cm³/mol. The SMILES string of the molecule is CC(C)(CCNC(=O)CCC(C)(C)c1ccccc1)C(=O)O. The topological polar surface area (TPSA) is 66.4 Å². The summed E-state index contributed by atoms with van der Waals surface area (Å²) < 4.78 is 0. The zero-order valence-electron chi connectivity index (χ0n) is 14.0. The van der Waals surface area contributed by atoms with E-state index in [4.69, 9.17) is 5.11 Å². The first kappa shape index (κ1) is 18.2. The Morgan fingerprint density at radius 1 is 1.05 bits per heavy atom. The highest BCUT2D eigenvalue weighted by Crippen LogP contribution is 2.28. The number of benzene rings is 1. The number of carboxylic acids is 1. The molecule has 0 fully saturated rings. The fraction of sp³-hybridized carbons (Fsp3) is 0.556. The number of nitrogens with one attached hydrogen (secondary N) is 1. The van der Waals surface area contributed by atoms with Crippen LogP contribution in [0.15, 0.2) is 30.3 Å². The lowest BCUT2D eigenvalue weighted by Crippen LogP contribution is -2.32. The van der Waals surface area contributed by atoms with Gasteiger partial charge in [0.2, 0.25) is 5.91 Å². The number of carbonyl (C=O) groups excluding carboxylic acids is 1. The summed E-state index contributed by atoms with van der Waals surface area (Å²) in [5.41, 5.74) is 0.352. The number of hydrogen-bond acceptors (Lipinski definition) is 2. The van der Waals surface area contributed by atoms with Gasteiger partial charge in [-0.3, -0.25) is 9.59 Å². The normalized spacial score (nSPS) is 12.0. The molecule has 1 rings (SSSR count). The van der Waals surface area contributed by atoms with E-state index in [9.17, 15) is 9.59 Å². The highest BCUT2D eigenvalue weighted by molar-refractivity contribution is 5.76. The number of carboxylic acid groups (broad SMARTS) is 1. The first-order valence-corrected chi connectivity index (χ1v) is 7.71. The van der Waals surface area contributed by atoms with Gasteiger partial charge in [0.15, 0.2) is 0 Å². The Morgan fingerprint density at radius 2 is 1.64 bits per heavy atom. The van der Waals surface area contributed by atoms with Gasteiger partial charge in [0.25, 0.3) is 0 Å². The molecule has 4 heteroatoms. The van der Waals surface area contributed by atoms with Crippen molar-refractivity contribution in [1.29, 1.82) is 0 Å². The Kier molecular flexibility index (Phi) is 6.15. The van der Waals surface area contributed by atoms with Crippen molar-refractivity contribution in [3.63, 3.8) is 0 Å². The van der Waals surface area contributed by atoms with Gasteiger partial charge in [0.05, 0.1) is 5.41 Å². The fourth-order valence-electron chi connectivity index (χ4n) is 2.17. The summed E-state index contributed by atoms with van der Waals surface area (Å²) in [6, 6.07) is 10.1. The van der Waals surface area contributed by atoms with Crippen LogP contribution in [-0.4, -0.2) is 23.5 Å². The first-order valence-electron chi connectivity index (χ1n) is 7.71. The van der Waals surface area contributed by atoms with Crippen LogP contribution in [0.3, 0.4) is 0 Å². The molecule has 0 spiro atoms. The molecule has 0 aliphatic heterocycles. The molecular weight excluding hydrogens is 278 g/mol. The number of hydrogen-bond donors (Lipinski definition) is 2. The van der Waals surface area contributed by atoms with Crippen molar-refractivity contribution in [1.82, 2.24) is 5.32 Å². The highest BCUT2D eigenvalue weighted by Gasteiger charge is 2.27. The molecule has 22 heavy (non-hydrogen) atoms. The van der Waals surface area contributed by atoms with Gasteiger partial charge in [0, 0.05) is 13.0 Å². The van der Waals surface area contributed by atoms with Crippen molar-refractivity contribution in [3.8, 4) is 0 Å². The molecule has 1 aromatic carbocycles. The summed E-state index contributed by atoms with van der Waals surface area (Å²) in [6.45, 7) is 7.98. The minimum atomic E-state index is -0.841. The van der Waals surface area contributed by atoms with E-state index in [1.807, 2.05) is 18.2 Å². The van der Waals surface area contributed by atoms with Crippen LogP contribution >= 0.6 is 0 Å². The van der Waals surface area contributed by atoms with Gasteiger partial charge in [-0.1, -0.05) is 44.2 Å². The van der Waals surface area contributed by atoms with Gasteiger partial charge in [-0.2, -0.15) is 0 Å². The lowest BCUT2D eigenvalue weighted by atomic mass is 9.80. The summed E-state index contributed by atoms with van der Waals surface area (Å²) in [7, 11) is 0. The van der Waals surface area contributed by atoms with E-state index in [0.717, 1.165) is 6.42 Å². The molecule has 0 aliphatic rings. The monoisotopic (exact) mass is 305 g/mol. The molecule has 0 saturated heterocycles. The van der Waals surface area contributed by atoms with Crippen LogP contribution in [0.1, 0.15) is 52.5 Å². The molecule has 0 atom stereocenters. The van der Waals surface area contributed by atoms with Crippen LogP contribution in [0.25, 0.3) is 0 Å². The predicted octanol–water partition coefficient (Wildman–Crippen LogP) is 3.36. The van der Waals surface area contributed by atoms with E-state index in [1.54, 1.807) is 13.8 Å². The summed E-state index contributed by atoms with van der Waals surface area (Å²) >= 11 is 0. The Labute approximate surface area is 132 Å². The van der Waals surface area contributed by atoms with Gasteiger partial charge >= 0.3 is 5.97 Å². The quantitative estimate of drug-likeness (QED) is 0.774. The average molecular weight is 305 g/mol. The second-order valence-electron chi connectivity index (χ2n) is 7.04. The maximum Gasteiger partial charge on any atom is 0.309 e. The van der Waals surface area contributed by atoms with Crippen LogP contribution in [0.2, 0.25) is 0 Å². The maximum absolute atomic E-state index is 11.9. The molecule has 0 heterocycles. The van der Waals surface area contributed by atoms with Crippen LogP contribution in [-0.2, 0) is 15.0 Å². The van der Waals surface area contributed by atoms with Crippen LogP contribution in [0, 0.1) is 5.41 Å². The highest BCUT2D eigenvalue weighted by atomic mass is 16.4. The Morgan fingerprint density at radius 3 is 2.18 bits per heavy atom. The number of carbonyl (C=O) groups is 2. The van der Waals surface area contributed by atoms with E-state index in [0.29, 0.717) is 19.4 Å². The third-order valence-electron chi connectivity index (χ3n) is 4.18. The van der Waals surface area contributed by atoms with E-state index < -0.39 is 11.4 Å². The van der Waals surface area contributed by atoms with Gasteiger partial charge in [-0.05, 0) is 37.7 Å². The van der Waals surface area contributed by atoms with Crippen molar-refractivity contribution in [2.24, 2.45) is 5.41 Å². The molecule has 1 amide bonds. The van der Waals surface area contributed by atoms with Crippen molar-refractivity contribution in [2.45, 2.75) is 52.4 Å². The van der Waals surface area contributed by atoms with Crippen LogP contribution in [0.5, 0.6) is 0 Å². The van der Waals surface area contributed by atoms with Crippen molar-refractivity contribution >= 4 is 11.9 Å². The minimum Gasteiger partial charge on any atom is -0.481 e. The van der Waals surface area contributed by atoms with E-state index >= 15 is 0 Å². The maximum atomic E-state index is 11.9. The molecule has 0 radical (unpaired) electrons. The summed E-state index contributed by atoms with van der Waals surface area (Å²) in [5, 5.41) is 11.8. The zero-order chi connectivity index (χ0) is 16.8. The lowest BCUT2D eigenvalue weighted by Gasteiger charge is -2.25. The summed E-state index contributed by atoms with van der Waals surface area (Å²) in [4.78, 5) is 22.9. The number of aliphatic carboxylic acids is 1. The standard InChI is InChI=1S/C18H27NO3/c1-17(2,14-8-6-5-7-9-14)11-10-15(20)19-13-12-18(3,4)16(21)22/h5-9H,10-13H2,1-4H3,(H,19,20)(H,21,22). The van der Waals surface area contributed by atoms with Crippen molar-refractivity contribution in [3.05, 3.63) is 35.9 Å². The third-order valence-corrected chi connectivity index (χ3v) is 4.18. The van der Waals surface area contributed by atoms with Crippen molar-refractivity contribution in [2.75, 3.05) is 6.54 Å². The van der Waals surface area contributed by atoms with E-state index in [1.165, 1.54) is 5.56 Å². The molecule has 122 valence electrons. The van der Waals surface area contributed by atoms with E-state index in [-0.39, 0.29) is 11.3 Å². The first-order chi connectivity index (χ1) is 10.1. The van der Waals surface area contributed by atoms with E-state index in [2.05, 4.69) is 31.3 Å². The zero-order valence-corrected chi connectivity index (χ0v) is 14.0. The second kappa shape index (κ2) is 7.43. The number of rotatable bonds is 8. The lowest BCUT2D eigenvalue weighted by molar-refractivity contribution is -0.147.